The number of aromatic nitrogens is 4. The Kier molecular flexibility index (Phi) is 6.70. The molecule has 2 heterocycles. The zero-order valence-corrected chi connectivity index (χ0v) is 21.1. The van der Waals surface area contributed by atoms with Gasteiger partial charge in [0, 0.05) is 4.90 Å². The predicted octanol–water partition coefficient (Wildman–Crippen LogP) is 4.89. The number of halogens is 1. The van der Waals surface area contributed by atoms with E-state index >= 15 is 0 Å². The molecule has 0 radical (unpaired) electrons. The van der Waals surface area contributed by atoms with Crippen molar-refractivity contribution in [3.63, 3.8) is 0 Å². The Labute approximate surface area is 216 Å². The lowest BCUT2D eigenvalue weighted by Crippen LogP contribution is -2.51. The van der Waals surface area contributed by atoms with Gasteiger partial charge >= 0.3 is 0 Å². The highest BCUT2D eigenvalue weighted by atomic mass is 32.2. The van der Waals surface area contributed by atoms with E-state index in [-0.39, 0.29) is 11.7 Å². The first-order valence-electron chi connectivity index (χ1n) is 11.5. The van der Waals surface area contributed by atoms with Gasteiger partial charge in [-0.05, 0) is 53.1 Å². The number of nitrogens with zero attached hydrogens (tertiary/aromatic N) is 3. The van der Waals surface area contributed by atoms with Crippen LogP contribution in [0.15, 0.2) is 71.6 Å². The summed E-state index contributed by atoms with van der Waals surface area (Å²) < 4.78 is 33.1. The summed E-state index contributed by atoms with van der Waals surface area (Å²) in [5, 5.41) is 15.0. The second-order valence-corrected chi connectivity index (χ2v) is 9.76. The van der Waals surface area contributed by atoms with Gasteiger partial charge in [-0.1, -0.05) is 49.3 Å². The van der Waals surface area contributed by atoms with E-state index in [0.717, 1.165) is 17.3 Å². The lowest BCUT2D eigenvalue weighted by Gasteiger charge is -2.35. The fourth-order valence-electron chi connectivity index (χ4n) is 4.02. The third-order valence-electron chi connectivity index (χ3n) is 5.87. The van der Waals surface area contributed by atoms with Crippen molar-refractivity contribution in [1.29, 1.82) is 0 Å². The minimum atomic E-state index is -1.70. The quantitative estimate of drug-likeness (QED) is 0.315. The van der Waals surface area contributed by atoms with Crippen molar-refractivity contribution in [3.8, 4) is 17.2 Å². The second-order valence-electron chi connectivity index (χ2n) is 8.61. The van der Waals surface area contributed by atoms with Gasteiger partial charge in [-0.15, -0.1) is 16.9 Å². The van der Waals surface area contributed by atoms with E-state index in [4.69, 9.17) is 14.2 Å². The molecule has 4 aromatic rings. The molecule has 1 aliphatic heterocycles. The number of H-pyrrole nitrogens is 1. The first-order valence-corrected chi connectivity index (χ1v) is 12.4. The number of para-hydroxylation sites is 1. The van der Waals surface area contributed by atoms with Crippen LogP contribution in [0.25, 0.3) is 0 Å². The number of carbonyl (C=O) groups excluding carboxylic acids is 1. The number of ether oxygens (including phenoxy) is 3. The number of methoxy groups -OCH3 is 1. The second kappa shape index (κ2) is 10.1. The first-order chi connectivity index (χ1) is 17.9. The monoisotopic (exact) mass is 521 g/mol. The SMILES string of the molecule is COc1cc2c(cc1F)SC(C(=O)Nc1nn[nH]n1)C2(Oc1ccccc1)Oc1ccc(C(C)C)cc1. The van der Waals surface area contributed by atoms with Crippen molar-refractivity contribution in [2.75, 3.05) is 12.4 Å². The molecule has 0 aliphatic carbocycles. The summed E-state index contributed by atoms with van der Waals surface area (Å²) in [6.07, 6.45) is 0. The number of hydrogen-bond donors (Lipinski definition) is 2. The number of fused-ring (bicyclic) bond motifs is 1. The maximum atomic E-state index is 14.8. The van der Waals surface area contributed by atoms with E-state index < -0.39 is 22.8 Å². The van der Waals surface area contributed by atoms with Gasteiger partial charge in [0.2, 0.25) is 5.91 Å². The fourth-order valence-corrected chi connectivity index (χ4v) is 5.32. The lowest BCUT2D eigenvalue weighted by atomic mass is 10.00. The van der Waals surface area contributed by atoms with Gasteiger partial charge < -0.3 is 14.2 Å². The molecular weight excluding hydrogens is 497 g/mol. The molecule has 2 atom stereocenters. The molecule has 190 valence electrons. The number of thioether (sulfide) groups is 1. The highest BCUT2D eigenvalue weighted by molar-refractivity contribution is 8.01. The van der Waals surface area contributed by atoms with Crippen LogP contribution in [0, 0.1) is 5.82 Å². The summed E-state index contributed by atoms with van der Waals surface area (Å²) in [6.45, 7) is 4.19. The van der Waals surface area contributed by atoms with Crippen molar-refractivity contribution in [1.82, 2.24) is 20.6 Å². The molecule has 37 heavy (non-hydrogen) atoms. The fraction of sp³-hybridized carbons (Fsp3) is 0.231. The number of carbonyl (C=O) groups is 1. The molecule has 1 amide bonds. The standard InChI is InChI=1S/C26H24FN5O4S/c1-15(2)16-9-11-18(12-10-16)36-26(35-17-7-5-4-6-8-17)19-13-21(34-3)20(27)14-22(19)37-23(26)24(33)28-25-29-31-32-30-25/h4-15,23H,1-3H3,(H2,28,29,30,31,32,33). The van der Waals surface area contributed by atoms with Crippen molar-refractivity contribution in [2.24, 2.45) is 0 Å². The smallest absolute Gasteiger partial charge is 0.300 e. The van der Waals surface area contributed by atoms with Gasteiger partial charge in [0.25, 0.3) is 11.7 Å². The van der Waals surface area contributed by atoms with Gasteiger partial charge in [0.05, 0.1) is 12.7 Å². The van der Waals surface area contributed by atoms with Crippen LogP contribution in [-0.2, 0) is 10.6 Å². The maximum absolute atomic E-state index is 14.8. The average Bonchev–Trinajstić information content (AvgIpc) is 3.50. The third-order valence-corrected chi connectivity index (χ3v) is 7.22. The molecule has 0 spiro atoms. The Bertz CT molecular complexity index is 1390. The Morgan fingerprint density at radius 1 is 1.08 bits per heavy atom. The number of aromatic amines is 1. The summed E-state index contributed by atoms with van der Waals surface area (Å²) in [5.41, 5.74) is 1.57. The van der Waals surface area contributed by atoms with Crippen LogP contribution in [0.2, 0.25) is 0 Å². The number of anilines is 1. The first kappa shape index (κ1) is 24.6. The van der Waals surface area contributed by atoms with Gasteiger partial charge in [-0.2, -0.15) is 5.21 Å². The average molecular weight is 522 g/mol. The van der Waals surface area contributed by atoms with Crippen LogP contribution in [-0.4, -0.2) is 38.9 Å². The van der Waals surface area contributed by atoms with Crippen molar-refractivity contribution in [2.45, 2.75) is 35.7 Å². The number of tetrazole rings is 1. The van der Waals surface area contributed by atoms with E-state index in [2.05, 4.69) is 39.8 Å². The number of rotatable bonds is 8. The van der Waals surface area contributed by atoms with Gasteiger partial charge in [0.15, 0.2) is 16.8 Å². The molecule has 2 unspecified atom stereocenters. The zero-order chi connectivity index (χ0) is 26.0. The van der Waals surface area contributed by atoms with Crippen LogP contribution in [0.5, 0.6) is 17.2 Å². The molecule has 11 heteroatoms. The third kappa shape index (κ3) is 4.82. The maximum Gasteiger partial charge on any atom is 0.300 e. The summed E-state index contributed by atoms with van der Waals surface area (Å²) >= 11 is 1.11. The van der Waals surface area contributed by atoms with Crippen LogP contribution in [0.3, 0.4) is 0 Å². The Hall–Kier alpha value is -4.12. The largest absolute Gasteiger partial charge is 0.494 e. The molecule has 0 fully saturated rings. The van der Waals surface area contributed by atoms with Crippen molar-refractivity contribution < 1.29 is 23.4 Å². The highest BCUT2D eigenvalue weighted by Crippen LogP contribution is 2.53. The molecule has 3 aromatic carbocycles. The zero-order valence-electron chi connectivity index (χ0n) is 20.3. The Morgan fingerprint density at radius 3 is 2.41 bits per heavy atom. The molecule has 1 aliphatic rings. The topological polar surface area (TPSA) is 111 Å². The van der Waals surface area contributed by atoms with E-state index in [1.165, 1.54) is 19.2 Å². The van der Waals surface area contributed by atoms with Gasteiger partial charge in [0.1, 0.15) is 11.5 Å². The number of nitrogens with one attached hydrogen (secondary N) is 2. The lowest BCUT2D eigenvalue weighted by molar-refractivity contribution is -0.142. The Morgan fingerprint density at radius 2 is 1.78 bits per heavy atom. The van der Waals surface area contributed by atoms with Crippen LogP contribution < -0.4 is 19.5 Å². The highest BCUT2D eigenvalue weighted by Gasteiger charge is 2.57. The summed E-state index contributed by atoms with van der Waals surface area (Å²) in [4.78, 5) is 14.1. The van der Waals surface area contributed by atoms with Crippen LogP contribution in [0.4, 0.5) is 10.3 Å². The summed E-state index contributed by atoms with van der Waals surface area (Å²) in [6, 6.07) is 19.4. The van der Waals surface area contributed by atoms with Gasteiger partial charge in [-0.3, -0.25) is 10.1 Å². The number of benzene rings is 3. The van der Waals surface area contributed by atoms with Crippen molar-refractivity contribution >= 4 is 23.6 Å². The van der Waals surface area contributed by atoms with Gasteiger partial charge in [-0.25, -0.2) is 4.39 Å². The summed E-state index contributed by atoms with van der Waals surface area (Å²) in [7, 11) is 1.37. The van der Waals surface area contributed by atoms with E-state index in [0.29, 0.717) is 27.9 Å². The minimum absolute atomic E-state index is 0.00151. The minimum Gasteiger partial charge on any atom is -0.494 e. The molecule has 9 nitrogen and oxygen atoms in total. The molecule has 0 saturated heterocycles. The van der Waals surface area contributed by atoms with E-state index in [1.807, 2.05) is 42.5 Å². The molecular formula is C26H24FN5O4S. The molecule has 0 saturated carbocycles. The molecule has 1 aromatic heterocycles. The van der Waals surface area contributed by atoms with E-state index in [9.17, 15) is 9.18 Å². The number of amides is 1. The predicted molar refractivity (Wildman–Crippen MR) is 135 cm³/mol. The van der Waals surface area contributed by atoms with Crippen LogP contribution >= 0.6 is 11.8 Å². The molecule has 5 rings (SSSR count). The van der Waals surface area contributed by atoms with Crippen molar-refractivity contribution in [3.05, 3.63) is 83.7 Å². The Balaban J connectivity index is 1.65. The molecule has 0 bridgehead atoms. The number of hydrogen-bond acceptors (Lipinski definition) is 8. The normalized spacial score (nSPS) is 18.4. The summed E-state index contributed by atoms with van der Waals surface area (Å²) in [5.74, 6) is -1.55. The van der Waals surface area contributed by atoms with E-state index in [1.54, 1.807) is 12.1 Å². The molecule has 2 N–H and O–H groups in total. The van der Waals surface area contributed by atoms with Crippen LogP contribution in [0.1, 0.15) is 30.9 Å².